The minimum absolute atomic E-state index is 0. The van der Waals surface area contributed by atoms with E-state index in [0.29, 0.717) is 42.6 Å². The van der Waals surface area contributed by atoms with E-state index in [2.05, 4.69) is 53.2 Å². The molecule has 0 aliphatic carbocycles. The second kappa shape index (κ2) is 12.8. The molecule has 0 bridgehead atoms. The third kappa shape index (κ3) is 9.93. The van der Waals surface area contributed by atoms with Crippen molar-refractivity contribution in [3.63, 3.8) is 0 Å². The van der Waals surface area contributed by atoms with Crippen LogP contribution in [-0.2, 0) is 12.6 Å². The van der Waals surface area contributed by atoms with Crippen LogP contribution in [0.2, 0.25) is 0 Å². The van der Waals surface area contributed by atoms with Crippen molar-refractivity contribution in [2.45, 2.75) is 59.3 Å². The van der Waals surface area contributed by atoms with Crippen molar-refractivity contribution >= 4 is 41.3 Å². The fourth-order valence-corrected chi connectivity index (χ4v) is 3.38. The van der Waals surface area contributed by atoms with E-state index in [1.807, 2.05) is 6.92 Å². The lowest BCUT2D eigenvalue weighted by Gasteiger charge is -2.29. The number of thiazole rings is 1. The molecule has 0 fully saturated rings. The van der Waals surface area contributed by atoms with E-state index in [9.17, 15) is 13.2 Å². The summed E-state index contributed by atoms with van der Waals surface area (Å²) in [5.74, 6) is 0.674. The van der Waals surface area contributed by atoms with Crippen LogP contribution in [0.5, 0.6) is 0 Å². The zero-order chi connectivity index (χ0) is 19.7. The van der Waals surface area contributed by atoms with Gasteiger partial charge in [0, 0.05) is 43.5 Å². The predicted octanol–water partition coefficient (Wildman–Crippen LogP) is 4.00. The summed E-state index contributed by atoms with van der Waals surface area (Å²) in [5.41, 5.74) is -0.819. The minimum Gasteiger partial charge on any atom is -0.357 e. The van der Waals surface area contributed by atoms with Crippen LogP contribution in [0.4, 0.5) is 13.2 Å². The highest BCUT2D eigenvalue weighted by molar-refractivity contribution is 14.0. The number of aromatic nitrogens is 1. The van der Waals surface area contributed by atoms with E-state index in [1.165, 1.54) is 0 Å². The number of rotatable bonds is 9. The molecule has 0 radical (unpaired) electrons. The van der Waals surface area contributed by atoms with E-state index in [0.717, 1.165) is 29.8 Å². The first-order valence-electron chi connectivity index (χ1n) is 8.94. The Hall–Kier alpha value is -0.620. The van der Waals surface area contributed by atoms with Gasteiger partial charge in [0.15, 0.2) is 11.7 Å². The Labute approximate surface area is 181 Å². The summed E-state index contributed by atoms with van der Waals surface area (Å²) in [5, 5.41) is 7.83. The Balaban J connectivity index is 0.00000676. The molecule has 158 valence electrons. The summed E-state index contributed by atoms with van der Waals surface area (Å²) in [6.45, 7) is 13.3. The molecule has 27 heavy (non-hydrogen) atoms. The normalized spacial score (nSPS) is 12.6. The lowest BCUT2D eigenvalue weighted by atomic mass is 10.2. The first-order valence-corrected chi connectivity index (χ1v) is 9.82. The number of guanidine groups is 1. The number of nitrogens with one attached hydrogen (secondary N) is 2. The van der Waals surface area contributed by atoms with Crippen molar-refractivity contribution in [3.8, 4) is 0 Å². The SMILES string of the molecule is CCNC(=NCCN(C(C)C)C(C)C)NCCc1nc(C(F)(F)F)cs1.I. The summed E-state index contributed by atoms with van der Waals surface area (Å²) in [6, 6.07) is 0.905. The van der Waals surface area contributed by atoms with Crippen molar-refractivity contribution in [2.75, 3.05) is 26.2 Å². The monoisotopic (exact) mass is 521 g/mol. The van der Waals surface area contributed by atoms with E-state index >= 15 is 0 Å². The summed E-state index contributed by atoms with van der Waals surface area (Å²) >= 11 is 1.03. The van der Waals surface area contributed by atoms with Gasteiger partial charge in [0.25, 0.3) is 0 Å². The Bertz CT molecular complexity index is 553. The number of alkyl halides is 3. The standard InChI is InChI=1S/C17H30F3N5S.HI/c1-6-21-16(23-9-10-25(12(2)3)13(4)5)22-8-7-15-24-14(11-26-15)17(18,19)20;/h11-13H,6-10H2,1-5H3,(H2,21,22,23);1H. The molecule has 5 nitrogen and oxygen atoms in total. The fourth-order valence-electron chi connectivity index (χ4n) is 2.58. The fraction of sp³-hybridized carbons (Fsp3) is 0.765. The van der Waals surface area contributed by atoms with Gasteiger partial charge >= 0.3 is 6.18 Å². The summed E-state index contributed by atoms with van der Waals surface area (Å²) in [7, 11) is 0. The summed E-state index contributed by atoms with van der Waals surface area (Å²) < 4.78 is 37.7. The Morgan fingerprint density at radius 2 is 1.85 bits per heavy atom. The molecule has 0 spiro atoms. The van der Waals surface area contributed by atoms with E-state index in [4.69, 9.17) is 0 Å². The number of halogens is 4. The molecule has 0 saturated heterocycles. The lowest BCUT2D eigenvalue weighted by Crippen LogP contribution is -2.41. The van der Waals surface area contributed by atoms with Gasteiger partial charge in [-0.1, -0.05) is 0 Å². The van der Waals surface area contributed by atoms with Gasteiger partial charge in [-0.25, -0.2) is 4.98 Å². The molecule has 0 unspecified atom stereocenters. The molecule has 1 aromatic heterocycles. The van der Waals surface area contributed by atoms with Gasteiger partial charge in [0.1, 0.15) is 0 Å². The van der Waals surface area contributed by atoms with Gasteiger partial charge in [-0.2, -0.15) is 13.2 Å². The molecular formula is C17H31F3IN5S. The van der Waals surface area contributed by atoms with Crippen molar-refractivity contribution in [1.29, 1.82) is 0 Å². The van der Waals surface area contributed by atoms with Crippen molar-refractivity contribution in [3.05, 3.63) is 16.1 Å². The molecule has 10 heteroatoms. The second-order valence-corrected chi connectivity index (χ2v) is 7.43. The third-order valence-corrected chi connectivity index (χ3v) is 4.68. The third-order valence-electron chi connectivity index (χ3n) is 3.77. The lowest BCUT2D eigenvalue weighted by molar-refractivity contribution is -0.140. The number of aliphatic imine (C=N–C) groups is 1. The maximum absolute atomic E-state index is 12.6. The van der Waals surface area contributed by atoms with Crippen LogP contribution < -0.4 is 10.6 Å². The number of hydrogen-bond acceptors (Lipinski definition) is 4. The zero-order valence-electron chi connectivity index (χ0n) is 16.6. The first-order chi connectivity index (χ1) is 12.1. The highest BCUT2D eigenvalue weighted by Crippen LogP contribution is 2.29. The van der Waals surface area contributed by atoms with Gasteiger partial charge < -0.3 is 10.6 Å². The molecule has 0 amide bonds. The highest BCUT2D eigenvalue weighted by atomic mass is 127. The molecule has 2 N–H and O–H groups in total. The second-order valence-electron chi connectivity index (χ2n) is 6.49. The van der Waals surface area contributed by atoms with Gasteiger partial charge in [0.05, 0.1) is 11.6 Å². The largest absolute Gasteiger partial charge is 0.434 e. The summed E-state index contributed by atoms with van der Waals surface area (Å²) in [4.78, 5) is 10.5. The van der Waals surface area contributed by atoms with Gasteiger partial charge in [-0.15, -0.1) is 35.3 Å². The molecule has 0 aliphatic rings. The number of hydrogen-bond donors (Lipinski definition) is 2. The smallest absolute Gasteiger partial charge is 0.357 e. The summed E-state index contributed by atoms with van der Waals surface area (Å²) in [6.07, 6.45) is -3.95. The van der Waals surface area contributed by atoms with Crippen molar-refractivity contribution in [2.24, 2.45) is 4.99 Å². The maximum Gasteiger partial charge on any atom is 0.434 e. The molecule has 0 saturated carbocycles. The molecule has 1 aromatic rings. The predicted molar refractivity (Wildman–Crippen MR) is 117 cm³/mol. The highest BCUT2D eigenvalue weighted by Gasteiger charge is 2.33. The van der Waals surface area contributed by atoms with E-state index in [1.54, 1.807) is 0 Å². The van der Waals surface area contributed by atoms with Gasteiger partial charge in [0.2, 0.25) is 0 Å². The minimum atomic E-state index is -4.38. The Morgan fingerprint density at radius 1 is 1.22 bits per heavy atom. The van der Waals surface area contributed by atoms with Crippen LogP contribution in [-0.4, -0.2) is 54.1 Å². The Morgan fingerprint density at radius 3 is 2.33 bits per heavy atom. The average molecular weight is 521 g/mol. The molecule has 0 atom stereocenters. The van der Waals surface area contributed by atoms with E-state index < -0.39 is 11.9 Å². The van der Waals surface area contributed by atoms with Crippen LogP contribution in [0, 0.1) is 0 Å². The number of nitrogens with zero attached hydrogens (tertiary/aromatic N) is 3. The molecule has 1 heterocycles. The van der Waals surface area contributed by atoms with Gasteiger partial charge in [-0.05, 0) is 34.6 Å². The molecule has 0 aliphatic heterocycles. The average Bonchev–Trinajstić information content (AvgIpc) is 2.99. The quantitative estimate of drug-likeness (QED) is 0.293. The van der Waals surface area contributed by atoms with Crippen LogP contribution in [0.25, 0.3) is 0 Å². The van der Waals surface area contributed by atoms with Crippen LogP contribution in [0.1, 0.15) is 45.3 Å². The van der Waals surface area contributed by atoms with Gasteiger partial charge in [-0.3, -0.25) is 9.89 Å². The maximum atomic E-state index is 12.6. The zero-order valence-corrected chi connectivity index (χ0v) is 19.7. The van der Waals surface area contributed by atoms with Crippen LogP contribution >= 0.6 is 35.3 Å². The van der Waals surface area contributed by atoms with Crippen LogP contribution in [0.15, 0.2) is 10.4 Å². The molecule has 1 rings (SSSR count). The topological polar surface area (TPSA) is 52.6 Å². The van der Waals surface area contributed by atoms with Crippen LogP contribution in [0.3, 0.4) is 0 Å². The van der Waals surface area contributed by atoms with Crippen molar-refractivity contribution in [1.82, 2.24) is 20.5 Å². The van der Waals surface area contributed by atoms with E-state index in [-0.39, 0.29) is 24.0 Å². The van der Waals surface area contributed by atoms with Crippen molar-refractivity contribution < 1.29 is 13.2 Å². The first kappa shape index (κ1) is 26.4. The molecular weight excluding hydrogens is 490 g/mol. The Kier molecular flexibility index (Phi) is 12.5. The molecule has 0 aromatic carbocycles.